The fourth-order valence-corrected chi connectivity index (χ4v) is 4.47. The second-order valence-corrected chi connectivity index (χ2v) is 8.18. The summed E-state index contributed by atoms with van der Waals surface area (Å²) in [6.07, 6.45) is 1.57. The number of fused-ring (bicyclic) bond motifs is 1. The number of rotatable bonds is 3. The van der Waals surface area contributed by atoms with E-state index in [-0.39, 0.29) is 17.6 Å². The van der Waals surface area contributed by atoms with Crippen molar-refractivity contribution >= 4 is 34.5 Å². The van der Waals surface area contributed by atoms with E-state index < -0.39 is 0 Å². The first kappa shape index (κ1) is 19.3. The number of benzene rings is 2. The van der Waals surface area contributed by atoms with Gasteiger partial charge in [-0.05, 0) is 68.7 Å². The number of carbonyl (C=O) groups is 2. The third-order valence-electron chi connectivity index (χ3n) is 4.95. The summed E-state index contributed by atoms with van der Waals surface area (Å²) in [5.74, 6) is -0.756. The lowest BCUT2D eigenvalue weighted by molar-refractivity contribution is 0.0987. The molecule has 0 atom stereocenters. The maximum Gasteiger partial charge on any atom is 0.270 e. The molecular formula is C22H20FN3O2S. The molecule has 0 fully saturated rings. The van der Waals surface area contributed by atoms with Crippen molar-refractivity contribution in [2.45, 2.75) is 26.7 Å². The third kappa shape index (κ3) is 3.78. The molecule has 0 bridgehead atoms. The molecular weight excluding hydrogens is 389 g/mol. The Labute approximate surface area is 172 Å². The van der Waals surface area contributed by atoms with Crippen molar-refractivity contribution in [3.05, 3.63) is 75.0 Å². The molecule has 3 aromatic rings. The van der Waals surface area contributed by atoms with Gasteiger partial charge in [0.05, 0.1) is 10.7 Å². The summed E-state index contributed by atoms with van der Waals surface area (Å²) >= 11 is 1.40. The minimum absolute atomic E-state index is 0.0592. The average molecular weight is 409 g/mol. The number of carbonyl (C=O) groups excluding carboxylic acids is 2. The van der Waals surface area contributed by atoms with E-state index in [1.807, 2.05) is 32.0 Å². The van der Waals surface area contributed by atoms with Crippen molar-refractivity contribution in [3.63, 3.8) is 0 Å². The van der Waals surface area contributed by atoms with Crippen molar-refractivity contribution in [1.29, 1.82) is 0 Å². The van der Waals surface area contributed by atoms with Crippen LogP contribution in [0.5, 0.6) is 0 Å². The summed E-state index contributed by atoms with van der Waals surface area (Å²) in [4.78, 5) is 32.5. The molecule has 2 heterocycles. The van der Waals surface area contributed by atoms with Crippen LogP contribution in [-0.4, -0.2) is 23.3 Å². The van der Waals surface area contributed by atoms with Crippen molar-refractivity contribution in [3.8, 4) is 0 Å². The van der Waals surface area contributed by atoms with Gasteiger partial charge in [0.2, 0.25) is 0 Å². The van der Waals surface area contributed by atoms with Crippen LogP contribution in [0.4, 0.5) is 15.8 Å². The highest BCUT2D eigenvalue weighted by molar-refractivity contribution is 7.13. The highest BCUT2D eigenvalue weighted by Gasteiger charge is 2.28. The van der Waals surface area contributed by atoms with Crippen LogP contribution in [-0.2, 0) is 6.42 Å². The Kier molecular flexibility index (Phi) is 5.15. The van der Waals surface area contributed by atoms with Crippen LogP contribution in [0.25, 0.3) is 0 Å². The normalized spacial score (nSPS) is 13.1. The Morgan fingerprint density at radius 2 is 1.90 bits per heavy atom. The van der Waals surface area contributed by atoms with Gasteiger partial charge in [0.1, 0.15) is 10.7 Å². The zero-order chi connectivity index (χ0) is 20.5. The van der Waals surface area contributed by atoms with Crippen LogP contribution in [0.2, 0.25) is 0 Å². The summed E-state index contributed by atoms with van der Waals surface area (Å²) in [5.41, 5.74) is 3.53. The van der Waals surface area contributed by atoms with Gasteiger partial charge in [-0.25, -0.2) is 9.37 Å². The standard InChI is InChI=1S/C22H20FN3O2S/c1-13-20(29-14(2)24-13)22(28)26-12-4-5-17-18(6-3-7-19(17)26)25-21(27)15-8-10-16(23)11-9-15/h3,6-11H,4-5,12H2,1-2H3,(H,25,27). The van der Waals surface area contributed by atoms with E-state index in [4.69, 9.17) is 0 Å². The number of thiazole rings is 1. The monoisotopic (exact) mass is 409 g/mol. The predicted molar refractivity (Wildman–Crippen MR) is 112 cm³/mol. The highest BCUT2D eigenvalue weighted by atomic mass is 32.1. The number of nitrogens with one attached hydrogen (secondary N) is 1. The number of anilines is 2. The fraction of sp³-hybridized carbons (Fsp3) is 0.227. The van der Waals surface area contributed by atoms with E-state index in [0.29, 0.717) is 22.7 Å². The molecule has 2 aromatic carbocycles. The topological polar surface area (TPSA) is 62.3 Å². The molecule has 0 spiro atoms. The smallest absolute Gasteiger partial charge is 0.270 e. The average Bonchev–Trinajstić information content (AvgIpc) is 3.05. The number of nitrogens with zero attached hydrogens (tertiary/aromatic N) is 2. The molecule has 5 nitrogen and oxygen atoms in total. The van der Waals surface area contributed by atoms with E-state index in [2.05, 4.69) is 10.3 Å². The van der Waals surface area contributed by atoms with Gasteiger partial charge in [0, 0.05) is 23.5 Å². The van der Waals surface area contributed by atoms with Crippen LogP contribution in [0.3, 0.4) is 0 Å². The molecule has 1 aromatic heterocycles. The minimum atomic E-state index is -0.388. The van der Waals surface area contributed by atoms with Gasteiger partial charge in [-0.15, -0.1) is 11.3 Å². The molecule has 1 aliphatic rings. The maximum absolute atomic E-state index is 13.2. The fourth-order valence-electron chi connectivity index (χ4n) is 3.60. The maximum atomic E-state index is 13.2. The van der Waals surface area contributed by atoms with Gasteiger partial charge in [0.15, 0.2) is 0 Å². The summed E-state index contributed by atoms with van der Waals surface area (Å²) in [5, 5.41) is 3.78. The Morgan fingerprint density at radius 1 is 1.14 bits per heavy atom. The van der Waals surface area contributed by atoms with Gasteiger partial charge >= 0.3 is 0 Å². The zero-order valence-electron chi connectivity index (χ0n) is 16.2. The second kappa shape index (κ2) is 7.75. The number of aryl methyl sites for hydroxylation is 2. The molecule has 7 heteroatoms. The number of hydrogen-bond acceptors (Lipinski definition) is 4. The number of aromatic nitrogens is 1. The number of hydrogen-bond donors (Lipinski definition) is 1. The van der Waals surface area contributed by atoms with Gasteiger partial charge in [-0.1, -0.05) is 6.07 Å². The van der Waals surface area contributed by atoms with Crippen molar-refractivity contribution < 1.29 is 14.0 Å². The van der Waals surface area contributed by atoms with Crippen molar-refractivity contribution in [2.75, 3.05) is 16.8 Å². The molecule has 29 heavy (non-hydrogen) atoms. The van der Waals surface area contributed by atoms with E-state index in [9.17, 15) is 14.0 Å². The number of halogens is 1. The van der Waals surface area contributed by atoms with Crippen molar-refractivity contribution in [2.24, 2.45) is 0 Å². The molecule has 2 amide bonds. The largest absolute Gasteiger partial charge is 0.322 e. The molecule has 0 saturated heterocycles. The highest BCUT2D eigenvalue weighted by Crippen LogP contribution is 2.35. The Hall–Kier alpha value is -3.06. The lowest BCUT2D eigenvalue weighted by Gasteiger charge is -2.30. The van der Waals surface area contributed by atoms with Crippen LogP contribution in [0.15, 0.2) is 42.5 Å². The Morgan fingerprint density at radius 3 is 2.59 bits per heavy atom. The minimum Gasteiger partial charge on any atom is -0.322 e. The van der Waals surface area contributed by atoms with Gasteiger partial charge in [0.25, 0.3) is 11.8 Å². The molecule has 0 radical (unpaired) electrons. The first-order valence-corrected chi connectivity index (χ1v) is 10.2. The van der Waals surface area contributed by atoms with E-state index in [0.717, 1.165) is 34.8 Å². The number of amides is 2. The lowest BCUT2D eigenvalue weighted by Crippen LogP contribution is -2.35. The first-order valence-electron chi connectivity index (χ1n) is 9.39. The molecule has 148 valence electrons. The molecule has 0 saturated carbocycles. The van der Waals surface area contributed by atoms with Crippen LogP contribution in [0, 0.1) is 19.7 Å². The van der Waals surface area contributed by atoms with E-state index in [1.54, 1.807) is 4.90 Å². The summed E-state index contributed by atoms with van der Waals surface area (Å²) in [7, 11) is 0. The van der Waals surface area contributed by atoms with E-state index in [1.165, 1.54) is 35.6 Å². The second-order valence-electron chi connectivity index (χ2n) is 6.97. The zero-order valence-corrected chi connectivity index (χ0v) is 17.0. The SMILES string of the molecule is Cc1nc(C)c(C(=O)N2CCCc3c(NC(=O)c4ccc(F)cc4)cccc32)s1. The molecule has 0 unspecified atom stereocenters. The van der Waals surface area contributed by atoms with Crippen LogP contribution < -0.4 is 10.2 Å². The molecule has 1 N–H and O–H groups in total. The predicted octanol–water partition coefficient (Wildman–Crippen LogP) is 4.74. The van der Waals surface area contributed by atoms with E-state index >= 15 is 0 Å². The molecule has 4 rings (SSSR count). The molecule has 1 aliphatic heterocycles. The first-order chi connectivity index (χ1) is 13.9. The summed E-state index contributed by atoms with van der Waals surface area (Å²) < 4.78 is 13.1. The van der Waals surface area contributed by atoms with Gasteiger partial charge in [-0.2, -0.15) is 0 Å². The summed E-state index contributed by atoms with van der Waals surface area (Å²) in [6, 6.07) is 11.0. The van der Waals surface area contributed by atoms with Gasteiger partial charge in [-0.3, -0.25) is 9.59 Å². The summed E-state index contributed by atoms with van der Waals surface area (Å²) in [6.45, 7) is 4.36. The Balaban J connectivity index is 1.64. The van der Waals surface area contributed by atoms with Crippen molar-refractivity contribution in [1.82, 2.24) is 4.98 Å². The third-order valence-corrected chi connectivity index (χ3v) is 6.01. The molecule has 0 aliphatic carbocycles. The van der Waals surface area contributed by atoms with Gasteiger partial charge < -0.3 is 10.2 Å². The lowest BCUT2D eigenvalue weighted by atomic mass is 9.99. The quantitative estimate of drug-likeness (QED) is 0.679. The van der Waals surface area contributed by atoms with Crippen LogP contribution >= 0.6 is 11.3 Å². The Bertz CT molecular complexity index is 1090. The van der Waals surface area contributed by atoms with Crippen LogP contribution in [0.1, 0.15) is 42.7 Å².